The number of aromatic nitrogens is 1. The van der Waals surface area contributed by atoms with Gasteiger partial charge in [-0.15, -0.1) is 0 Å². The van der Waals surface area contributed by atoms with Crippen molar-refractivity contribution in [3.05, 3.63) is 20.4 Å². The Hall–Kier alpha value is -0.0300. The number of hydrogen-bond acceptors (Lipinski definition) is 2. The summed E-state index contributed by atoms with van der Waals surface area (Å²) in [5.74, 6) is 0.749. The molecule has 11 heavy (non-hydrogen) atoms. The van der Waals surface area contributed by atoms with E-state index in [-0.39, 0.29) is 0 Å². The van der Waals surface area contributed by atoms with Crippen LogP contribution in [-0.4, -0.2) is 11.6 Å². The average molecular weight is 281 g/mol. The Bertz CT molecular complexity index is 303. The van der Waals surface area contributed by atoms with Gasteiger partial charge in [0.25, 0.3) is 0 Å². The van der Waals surface area contributed by atoms with E-state index in [9.17, 15) is 0 Å². The van der Waals surface area contributed by atoms with Crippen molar-refractivity contribution in [2.45, 2.75) is 6.42 Å². The largest absolute Gasteiger partial charge is 0.477 e. The zero-order valence-electron chi connectivity index (χ0n) is 5.60. The van der Waals surface area contributed by atoms with E-state index in [4.69, 9.17) is 16.3 Å². The van der Waals surface area contributed by atoms with E-state index in [2.05, 4.69) is 27.6 Å². The second kappa shape index (κ2) is 2.79. The second-order valence-electron chi connectivity index (χ2n) is 2.30. The SMILES string of the molecule is Clc1cnc2c(c1I)CCO2. The third kappa shape index (κ3) is 1.20. The first-order chi connectivity index (χ1) is 5.29. The molecule has 0 aliphatic carbocycles. The Morgan fingerprint density at radius 2 is 2.45 bits per heavy atom. The minimum atomic E-state index is 0.717. The molecule has 58 valence electrons. The summed E-state index contributed by atoms with van der Waals surface area (Å²) in [4.78, 5) is 4.06. The van der Waals surface area contributed by atoms with Crippen molar-refractivity contribution in [2.75, 3.05) is 6.61 Å². The molecule has 1 aromatic heterocycles. The van der Waals surface area contributed by atoms with Crippen LogP contribution in [0.4, 0.5) is 0 Å². The zero-order chi connectivity index (χ0) is 7.84. The van der Waals surface area contributed by atoms with Crippen LogP contribution < -0.4 is 4.74 Å². The molecule has 0 fully saturated rings. The number of fused-ring (bicyclic) bond motifs is 1. The molecule has 0 aromatic carbocycles. The van der Waals surface area contributed by atoms with E-state index in [1.165, 1.54) is 0 Å². The zero-order valence-corrected chi connectivity index (χ0v) is 8.52. The summed E-state index contributed by atoms with van der Waals surface area (Å²) in [7, 11) is 0. The molecule has 0 N–H and O–H groups in total. The fourth-order valence-electron chi connectivity index (χ4n) is 1.08. The van der Waals surface area contributed by atoms with Crippen molar-refractivity contribution >= 4 is 34.2 Å². The van der Waals surface area contributed by atoms with Gasteiger partial charge in [-0.05, 0) is 22.6 Å². The lowest BCUT2D eigenvalue weighted by atomic mass is 10.2. The number of nitrogens with zero attached hydrogens (tertiary/aromatic N) is 1. The molecule has 2 heterocycles. The van der Waals surface area contributed by atoms with Crippen molar-refractivity contribution in [2.24, 2.45) is 0 Å². The third-order valence-electron chi connectivity index (χ3n) is 1.62. The fourth-order valence-corrected chi connectivity index (χ4v) is 1.88. The quantitative estimate of drug-likeness (QED) is 0.681. The van der Waals surface area contributed by atoms with Crippen LogP contribution in [0.1, 0.15) is 5.56 Å². The summed E-state index contributed by atoms with van der Waals surface area (Å²) in [5, 5.41) is 0.717. The molecule has 1 aliphatic heterocycles. The van der Waals surface area contributed by atoms with Crippen molar-refractivity contribution < 1.29 is 4.74 Å². The Balaban J connectivity index is 2.62. The molecule has 2 nitrogen and oxygen atoms in total. The first kappa shape index (κ1) is 7.61. The molecule has 0 amide bonds. The van der Waals surface area contributed by atoms with Crippen LogP contribution >= 0.6 is 34.2 Å². The van der Waals surface area contributed by atoms with Gasteiger partial charge in [0, 0.05) is 15.6 Å². The van der Waals surface area contributed by atoms with Gasteiger partial charge in [0.2, 0.25) is 5.88 Å². The molecule has 0 radical (unpaired) electrons. The fraction of sp³-hybridized carbons (Fsp3) is 0.286. The standard InChI is InChI=1S/C7H5ClINO/c8-5-3-10-7-4(6(5)9)1-2-11-7/h3H,1-2H2. The van der Waals surface area contributed by atoms with E-state index in [1.807, 2.05) is 0 Å². The van der Waals surface area contributed by atoms with Gasteiger partial charge in [0.05, 0.1) is 17.8 Å². The summed E-state index contributed by atoms with van der Waals surface area (Å²) in [6, 6.07) is 0. The Morgan fingerprint density at radius 3 is 3.27 bits per heavy atom. The maximum absolute atomic E-state index is 5.87. The normalized spacial score (nSPS) is 14.4. The number of rotatable bonds is 0. The van der Waals surface area contributed by atoms with Crippen LogP contribution in [0.5, 0.6) is 5.88 Å². The number of pyridine rings is 1. The molecule has 0 saturated heterocycles. The Morgan fingerprint density at radius 1 is 1.64 bits per heavy atom. The number of halogens is 2. The van der Waals surface area contributed by atoms with Crippen molar-refractivity contribution in [3.8, 4) is 5.88 Å². The first-order valence-electron chi connectivity index (χ1n) is 3.24. The van der Waals surface area contributed by atoms with Gasteiger partial charge in [-0.3, -0.25) is 0 Å². The number of hydrogen-bond donors (Lipinski definition) is 0. The predicted molar refractivity (Wildman–Crippen MR) is 51.2 cm³/mol. The van der Waals surface area contributed by atoms with Crippen LogP contribution in [0.15, 0.2) is 6.20 Å². The molecule has 1 aromatic rings. The smallest absolute Gasteiger partial charge is 0.217 e. The highest BCUT2D eigenvalue weighted by molar-refractivity contribution is 14.1. The van der Waals surface area contributed by atoms with Gasteiger partial charge in [-0.25, -0.2) is 4.98 Å². The van der Waals surface area contributed by atoms with Gasteiger partial charge in [0.1, 0.15) is 0 Å². The molecule has 0 bridgehead atoms. The van der Waals surface area contributed by atoms with Crippen LogP contribution in [-0.2, 0) is 6.42 Å². The highest BCUT2D eigenvalue weighted by atomic mass is 127. The third-order valence-corrected chi connectivity index (χ3v) is 3.46. The summed E-state index contributed by atoms with van der Waals surface area (Å²) < 4.78 is 6.34. The van der Waals surface area contributed by atoms with Crippen molar-refractivity contribution in [1.82, 2.24) is 4.98 Å². The summed E-state index contributed by atoms with van der Waals surface area (Å²) >= 11 is 8.09. The van der Waals surface area contributed by atoms with Gasteiger partial charge in [-0.2, -0.15) is 0 Å². The Kier molecular flexibility index (Phi) is 1.93. The molecule has 0 saturated carbocycles. The van der Waals surface area contributed by atoms with E-state index in [0.29, 0.717) is 0 Å². The van der Waals surface area contributed by atoms with Crippen molar-refractivity contribution in [3.63, 3.8) is 0 Å². The molecule has 0 spiro atoms. The van der Waals surface area contributed by atoms with Gasteiger partial charge in [-0.1, -0.05) is 11.6 Å². The minimum absolute atomic E-state index is 0.717. The van der Waals surface area contributed by atoms with Gasteiger partial charge < -0.3 is 4.74 Å². The average Bonchev–Trinajstić information content (AvgIpc) is 2.45. The molecular formula is C7H5ClINO. The van der Waals surface area contributed by atoms with Crippen LogP contribution in [0, 0.1) is 3.57 Å². The lowest BCUT2D eigenvalue weighted by Gasteiger charge is -2.00. The van der Waals surface area contributed by atoms with E-state index < -0.39 is 0 Å². The topological polar surface area (TPSA) is 22.1 Å². The lowest BCUT2D eigenvalue weighted by molar-refractivity contribution is 0.345. The predicted octanol–water partition coefficient (Wildman–Crippen LogP) is 2.27. The lowest BCUT2D eigenvalue weighted by Crippen LogP contribution is -1.87. The first-order valence-corrected chi connectivity index (χ1v) is 4.70. The highest BCUT2D eigenvalue weighted by Gasteiger charge is 2.17. The molecule has 1 aliphatic rings. The highest BCUT2D eigenvalue weighted by Crippen LogP contribution is 2.31. The van der Waals surface area contributed by atoms with E-state index in [1.54, 1.807) is 6.20 Å². The van der Waals surface area contributed by atoms with Crippen LogP contribution in [0.2, 0.25) is 5.02 Å². The Labute approximate surface area is 83.1 Å². The van der Waals surface area contributed by atoms with Crippen molar-refractivity contribution in [1.29, 1.82) is 0 Å². The van der Waals surface area contributed by atoms with Gasteiger partial charge >= 0.3 is 0 Å². The van der Waals surface area contributed by atoms with Crippen LogP contribution in [0.25, 0.3) is 0 Å². The maximum atomic E-state index is 5.87. The molecular weight excluding hydrogens is 276 g/mol. The molecule has 4 heteroatoms. The summed E-state index contributed by atoms with van der Waals surface area (Å²) in [6.45, 7) is 0.735. The van der Waals surface area contributed by atoms with Gasteiger partial charge in [0.15, 0.2) is 0 Å². The van der Waals surface area contributed by atoms with Crippen LogP contribution in [0.3, 0.4) is 0 Å². The van der Waals surface area contributed by atoms with E-state index >= 15 is 0 Å². The summed E-state index contributed by atoms with van der Waals surface area (Å²) in [5.41, 5.74) is 1.15. The summed E-state index contributed by atoms with van der Waals surface area (Å²) in [6.07, 6.45) is 2.56. The van der Waals surface area contributed by atoms with E-state index in [0.717, 1.165) is 33.1 Å². The molecule has 0 atom stereocenters. The number of ether oxygens (including phenoxy) is 1. The second-order valence-corrected chi connectivity index (χ2v) is 3.79. The minimum Gasteiger partial charge on any atom is -0.477 e. The molecule has 0 unspecified atom stereocenters. The monoisotopic (exact) mass is 281 g/mol. The maximum Gasteiger partial charge on any atom is 0.217 e. The molecule has 2 rings (SSSR count).